The van der Waals surface area contributed by atoms with E-state index in [2.05, 4.69) is 10.6 Å². The number of carbonyl (C=O) groups excluding carboxylic acids is 3. The summed E-state index contributed by atoms with van der Waals surface area (Å²) in [5.41, 5.74) is 1.03. The molecule has 1 saturated carbocycles. The maximum atomic E-state index is 13.3. The van der Waals surface area contributed by atoms with Gasteiger partial charge in [0, 0.05) is 31.3 Å². The van der Waals surface area contributed by atoms with Gasteiger partial charge in [-0.3, -0.25) is 14.8 Å². The monoisotopic (exact) mass is 440 g/mol. The molecule has 2 rings (SSSR count). The molecule has 0 radical (unpaired) electrons. The van der Waals surface area contributed by atoms with Crippen LogP contribution in [0.1, 0.15) is 46.0 Å². The summed E-state index contributed by atoms with van der Waals surface area (Å²) in [6.45, 7) is 3.95. The van der Waals surface area contributed by atoms with Crippen LogP contribution in [0, 0.1) is 23.0 Å². The summed E-state index contributed by atoms with van der Waals surface area (Å²) < 4.78 is 26.2. The molecule has 1 aromatic carbocycles. The van der Waals surface area contributed by atoms with Gasteiger partial charge < -0.3 is 15.5 Å². The number of urea groups is 1. The first-order chi connectivity index (χ1) is 14.6. The van der Waals surface area contributed by atoms with Crippen molar-refractivity contribution in [2.75, 3.05) is 25.0 Å². The Morgan fingerprint density at radius 1 is 1.16 bits per heavy atom. The number of hydroxylamine groups is 1. The van der Waals surface area contributed by atoms with Crippen LogP contribution in [0.3, 0.4) is 0 Å². The molecule has 1 aromatic rings. The average molecular weight is 440 g/mol. The Morgan fingerprint density at radius 2 is 1.84 bits per heavy atom. The van der Waals surface area contributed by atoms with Crippen LogP contribution in [-0.2, 0) is 9.59 Å². The number of benzene rings is 1. The molecule has 10 heteroatoms. The molecular weight excluding hydrogens is 410 g/mol. The summed E-state index contributed by atoms with van der Waals surface area (Å²) in [6.07, 6.45) is 4.27. The van der Waals surface area contributed by atoms with Gasteiger partial charge in [0.05, 0.1) is 0 Å². The average Bonchev–Trinajstić information content (AvgIpc) is 3.21. The van der Waals surface area contributed by atoms with Gasteiger partial charge in [-0.15, -0.1) is 0 Å². The van der Waals surface area contributed by atoms with Crippen molar-refractivity contribution in [1.29, 1.82) is 0 Å². The summed E-state index contributed by atoms with van der Waals surface area (Å²) in [7, 11) is 0. The second-order valence-electron chi connectivity index (χ2n) is 8.74. The minimum atomic E-state index is -1.07. The first kappa shape index (κ1) is 24.5. The highest BCUT2D eigenvalue weighted by molar-refractivity contribution is 5.89. The lowest BCUT2D eigenvalue weighted by Crippen LogP contribution is -2.45. The number of hydrogen-bond donors (Lipinski definition) is 4. The van der Waals surface area contributed by atoms with Crippen molar-refractivity contribution >= 4 is 23.5 Å². The molecular formula is C21H30F2N4O4. The second-order valence-corrected chi connectivity index (χ2v) is 8.74. The van der Waals surface area contributed by atoms with Crippen LogP contribution in [0.5, 0.6) is 0 Å². The Hall–Kier alpha value is -2.75. The van der Waals surface area contributed by atoms with Gasteiger partial charge in [-0.2, -0.15) is 0 Å². The number of hydrogen-bond acceptors (Lipinski definition) is 4. The minimum absolute atomic E-state index is 0.0733. The number of rotatable bonds is 9. The first-order valence-electron chi connectivity index (χ1n) is 10.3. The van der Waals surface area contributed by atoms with E-state index in [4.69, 9.17) is 5.21 Å². The summed E-state index contributed by atoms with van der Waals surface area (Å²) in [4.78, 5) is 38.0. The van der Waals surface area contributed by atoms with Crippen molar-refractivity contribution in [2.45, 2.75) is 46.0 Å². The quantitative estimate of drug-likeness (QED) is 0.349. The highest BCUT2D eigenvalue weighted by Gasteiger charge is 2.29. The van der Waals surface area contributed by atoms with Crippen molar-refractivity contribution in [3.8, 4) is 0 Å². The number of amides is 4. The lowest BCUT2D eigenvalue weighted by molar-refractivity contribution is -0.141. The predicted octanol–water partition coefficient (Wildman–Crippen LogP) is 3.03. The van der Waals surface area contributed by atoms with Crippen LogP contribution in [0.15, 0.2) is 18.2 Å². The van der Waals surface area contributed by atoms with E-state index in [1.807, 2.05) is 0 Å². The predicted molar refractivity (Wildman–Crippen MR) is 110 cm³/mol. The highest BCUT2D eigenvalue weighted by atomic mass is 19.2. The van der Waals surface area contributed by atoms with Crippen molar-refractivity contribution < 1.29 is 28.4 Å². The number of halogens is 2. The zero-order valence-corrected chi connectivity index (χ0v) is 17.8. The normalized spacial score (nSPS) is 14.2. The Labute approximate surface area is 180 Å². The van der Waals surface area contributed by atoms with E-state index in [0.717, 1.165) is 37.8 Å². The summed E-state index contributed by atoms with van der Waals surface area (Å²) in [6, 6.07) is 2.40. The van der Waals surface area contributed by atoms with E-state index in [1.54, 1.807) is 19.3 Å². The van der Waals surface area contributed by atoms with Gasteiger partial charge in [-0.1, -0.05) is 26.7 Å². The molecule has 1 fully saturated rings. The van der Waals surface area contributed by atoms with Crippen LogP contribution < -0.4 is 16.1 Å². The topological polar surface area (TPSA) is 111 Å². The molecule has 8 nitrogen and oxygen atoms in total. The smallest absolute Gasteiger partial charge is 0.319 e. The van der Waals surface area contributed by atoms with E-state index >= 15 is 0 Å². The van der Waals surface area contributed by atoms with E-state index in [9.17, 15) is 23.2 Å². The lowest BCUT2D eigenvalue weighted by Gasteiger charge is -2.30. The molecule has 0 unspecified atom stereocenters. The summed E-state index contributed by atoms with van der Waals surface area (Å²) in [5.74, 6) is -2.66. The van der Waals surface area contributed by atoms with Gasteiger partial charge in [-0.25, -0.2) is 19.1 Å². The third-order valence-corrected chi connectivity index (χ3v) is 5.30. The van der Waals surface area contributed by atoms with Gasteiger partial charge in [0.1, 0.15) is 6.54 Å². The van der Waals surface area contributed by atoms with Crippen LogP contribution in [0.4, 0.5) is 19.3 Å². The molecule has 0 saturated heterocycles. The van der Waals surface area contributed by atoms with Gasteiger partial charge >= 0.3 is 6.03 Å². The number of carbonyl (C=O) groups is 3. The van der Waals surface area contributed by atoms with Crippen LogP contribution >= 0.6 is 0 Å². The van der Waals surface area contributed by atoms with Crippen LogP contribution in [0.2, 0.25) is 0 Å². The number of nitrogens with zero attached hydrogens (tertiary/aromatic N) is 1. The van der Waals surface area contributed by atoms with Gasteiger partial charge in [0.2, 0.25) is 5.91 Å². The largest absolute Gasteiger partial charge is 0.337 e. The maximum absolute atomic E-state index is 13.3. The molecule has 1 aliphatic carbocycles. The van der Waals surface area contributed by atoms with Crippen molar-refractivity contribution in [3.63, 3.8) is 0 Å². The molecule has 31 heavy (non-hydrogen) atoms. The Morgan fingerprint density at radius 3 is 2.45 bits per heavy atom. The zero-order valence-electron chi connectivity index (χ0n) is 17.8. The van der Waals surface area contributed by atoms with E-state index < -0.39 is 29.0 Å². The van der Waals surface area contributed by atoms with Crippen molar-refractivity contribution in [1.82, 2.24) is 15.7 Å². The van der Waals surface area contributed by atoms with Crippen molar-refractivity contribution in [2.24, 2.45) is 11.3 Å². The highest BCUT2D eigenvalue weighted by Crippen LogP contribution is 2.27. The molecule has 0 bridgehead atoms. The Bertz CT molecular complexity index is 798. The molecule has 172 valence electrons. The van der Waals surface area contributed by atoms with E-state index in [-0.39, 0.29) is 31.1 Å². The van der Waals surface area contributed by atoms with Crippen molar-refractivity contribution in [3.05, 3.63) is 29.8 Å². The lowest BCUT2D eigenvalue weighted by atomic mass is 9.88. The molecule has 4 N–H and O–H groups in total. The molecule has 0 spiro atoms. The molecule has 1 aliphatic rings. The SMILES string of the molecule is CC(C)(CNC(=O)Nc1ccc(F)c(F)c1)CC(=O)N(CC(=O)NO)CC1CCCC1. The fourth-order valence-corrected chi connectivity index (χ4v) is 3.62. The van der Waals surface area contributed by atoms with Gasteiger partial charge in [0.15, 0.2) is 11.6 Å². The molecule has 4 amide bonds. The first-order valence-corrected chi connectivity index (χ1v) is 10.3. The molecule has 0 atom stereocenters. The second kappa shape index (κ2) is 11.0. The standard InChI is InChI=1S/C21H30F2N4O4/c1-21(2,13-24-20(30)25-15-7-8-16(22)17(23)9-15)10-19(29)27(12-18(28)26-31)11-14-5-3-4-6-14/h7-9,14,31H,3-6,10-13H2,1-2H3,(H,26,28)(H2,24,25,30). The van der Waals surface area contributed by atoms with Gasteiger partial charge in [-0.05, 0) is 36.3 Å². The fourth-order valence-electron chi connectivity index (χ4n) is 3.62. The number of nitrogens with one attached hydrogen (secondary N) is 3. The van der Waals surface area contributed by atoms with E-state index in [1.165, 1.54) is 11.0 Å². The van der Waals surface area contributed by atoms with Gasteiger partial charge in [0.25, 0.3) is 5.91 Å². The number of anilines is 1. The molecule has 0 heterocycles. The molecule has 0 aromatic heterocycles. The Balaban J connectivity index is 1.89. The fraction of sp³-hybridized carbons (Fsp3) is 0.571. The summed E-state index contributed by atoms with van der Waals surface area (Å²) >= 11 is 0. The third kappa shape index (κ3) is 8.12. The van der Waals surface area contributed by atoms with Crippen LogP contribution in [0.25, 0.3) is 0 Å². The van der Waals surface area contributed by atoms with E-state index in [0.29, 0.717) is 12.5 Å². The summed E-state index contributed by atoms with van der Waals surface area (Å²) in [5, 5.41) is 13.8. The Kier molecular flexibility index (Phi) is 8.73. The van der Waals surface area contributed by atoms with Crippen LogP contribution in [-0.4, -0.2) is 47.6 Å². The third-order valence-electron chi connectivity index (χ3n) is 5.30. The minimum Gasteiger partial charge on any atom is -0.337 e. The maximum Gasteiger partial charge on any atom is 0.319 e. The zero-order chi connectivity index (χ0) is 23.0. The molecule has 0 aliphatic heterocycles.